The van der Waals surface area contributed by atoms with Gasteiger partial charge in [0, 0.05) is 28.7 Å². The van der Waals surface area contributed by atoms with Crippen molar-refractivity contribution in [3.05, 3.63) is 90.4 Å². The molecule has 1 amide bonds. The molecule has 0 fully saturated rings. The Bertz CT molecular complexity index is 1170. The molecule has 5 nitrogen and oxygen atoms in total. The van der Waals surface area contributed by atoms with Crippen LogP contribution in [-0.2, 0) is 0 Å². The summed E-state index contributed by atoms with van der Waals surface area (Å²) in [6.45, 7) is 4.51. The monoisotopic (exact) mass is 402 g/mol. The van der Waals surface area contributed by atoms with Gasteiger partial charge in [-0.05, 0) is 62.4 Å². The number of nitrogens with one attached hydrogen (secondary N) is 2. The van der Waals surface area contributed by atoms with Crippen LogP contribution >= 0.6 is 0 Å². The van der Waals surface area contributed by atoms with Gasteiger partial charge in [-0.1, -0.05) is 24.3 Å². The third-order valence-corrected chi connectivity index (χ3v) is 4.88. The molecule has 1 aromatic heterocycles. The number of carbonyl (C=O) groups is 1. The molecule has 0 spiro atoms. The average molecular weight is 402 g/mol. The number of nitrogens with zero attached hydrogens (tertiary/aromatic N) is 2. The standard InChI is InChI=1S/C24H23FN4O/c1-24(2,16-26-23(30)17-7-4-3-5-8-17)28-21-9-6-10-22-20(21)15-27-29(22)19-13-11-18(25)12-14-19/h3-15,28H,16H2,1-2H3,(H,26,30). The molecule has 2 N–H and O–H groups in total. The van der Waals surface area contributed by atoms with Crippen molar-refractivity contribution in [3.63, 3.8) is 0 Å². The third kappa shape index (κ3) is 4.17. The van der Waals surface area contributed by atoms with Crippen molar-refractivity contribution in [2.45, 2.75) is 19.4 Å². The zero-order valence-corrected chi connectivity index (χ0v) is 16.9. The Hall–Kier alpha value is -3.67. The fraction of sp³-hybridized carbons (Fsp3) is 0.167. The Kier molecular flexibility index (Phi) is 5.23. The number of carbonyl (C=O) groups excluding carboxylic acids is 1. The molecule has 152 valence electrons. The van der Waals surface area contributed by atoms with Gasteiger partial charge in [0.25, 0.3) is 5.91 Å². The van der Waals surface area contributed by atoms with Crippen molar-refractivity contribution in [3.8, 4) is 5.69 Å². The Morgan fingerprint density at radius 2 is 1.73 bits per heavy atom. The van der Waals surface area contributed by atoms with Crippen LogP contribution in [0.5, 0.6) is 0 Å². The molecule has 0 bridgehead atoms. The highest BCUT2D eigenvalue weighted by molar-refractivity contribution is 5.94. The van der Waals surface area contributed by atoms with Gasteiger partial charge in [-0.25, -0.2) is 9.07 Å². The summed E-state index contributed by atoms with van der Waals surface area (Å²) >= 11 is 0. The van der Waals surface area contributed by atoms with Crippen LogP contribution in [-0.4, -0.2) is 27.8 Å². The van der Waals surface area contributed by atoms with Gasteiger partial charge in [-0.15, -0.1) is 0 Å². The van der Waals surface area contributed by atoms with Crippen LogP contribution in [0.3, 0.4) is 0 Å². The highest BCUT2D eigenvalue weighted by atomic mass is 19.1. The maximum absolute atomic E-state index is 13.3. The van der Waals surface area contributed by atoms with E-state index in [0.29, 0.717) is 12.1 Å². The van der Waals surface area contributed by atoms with Crippen LogP contribution in [0.2, 0.25) is 0 Å². The zero-order valence-electron chi connectivity index (χ0n) is 16.9. The molecular formula is C24H23FN4O. The molecule has 30 heavy (non-hydrogen) atoms. The summed E-state index contributed by atoms with van der Waals surface area (Å²) in [5, 5.41) is 11.9. The summed E-state index contributed by atoms with van der Waals surface area (Å²) in [5.74, 6) is -0.385. The largest absolute Gasteiger partial charge is 0.378 e. The number of rotatable bonds is 6. The van der Waals surface area contributed by atoms with Crippen molar-refractivity contribution in [2.24, 2.45) is 0 Å². The average Bonchev–Trinajstić information content (AvgIpc) is 3.18. The molecule has 0 aliphatic carbocycles. The molecule has 0 unspecified atom stereocenters. The molecule has 0 saturated carbocycles. The summed E-state index contributed by atoms with van der Waals surface area (Å²) < 4.78 is 15.0. The van der Waals surface area contributed by atoms with E-state index in [2.05, 4.69) is 15.7 Å². The number of anilines is 1. The van der Waals surface area contributed by atoms with Gasteiger partial charge in [0.2, 0.25) is 0 Å². The predicted molar refractivity (Wildman–Crippen MR) is 118 cm³/mol. The molecule has 3 aromatic carbocycles. The molecule has 0 aliphatic rings. The van der Waals surface area contributed by atoms with E-state index in [-0.39, 0.29) is 11.7 Å². The molecular weight excluding hydrogens is 379 g/mol. The minimum Gasteiger partial charge on any atom is -0.378 e. The van der Waals surface area contributed by atoms with E-state index in [0.717, 1.165) is 22.3 Å². The topological polar surface area (TPSA) is 59.0 Å². The van der Waals surface area contributed by atoms with E-state index >= 15 is 0 Å². The van der Waals surface area contributed by atoms with Crippen LogP contribution < -0.4 is 10.6 Å². The lowest BCUT2D eigenvalue weighted by Crippen LogP contribution is -2.44. The summed E-state index contributed by atoms with van der Waals surface area (Å²) in [6, 6.07) is 21.3. The molecule has 0 atom stereocenters. The maximum Gasteiger partial charge on any atom is 0.251 e. The van der Waals surface area contributed by atoms with Gasteiger partial charge < -0.3 is 10.6 Å². The van der Waals surface area contributed by atoms with Crippen molar-refractivity contribution >= 4 is 22.5 Å². The SMILES string of the molecule is CC(C)(CNC(=O)c1ccccc1)Nc1cccc2c1cnn2-c1ccc(F)cc1. The van der Waals surface area contributed by atoms with E-state index in [9.17, 15) is 9.18 Å². The number of benzene rings is 3. The molecule has 4 aromatic rings. The third-order valence-electron chi connectivity index (χ3n) is 4.88. The molecule has 1 heterocycles. The number of hydrogen-bond acceptors (Lipinski definition) is 3. The van der Waals surface area contributed by atoms with Crippen LogP contribution in [0.15, 0.2) is 79.0 Å². The van der Waals surface area contributed by atoms with Gasteiger partial charge in [-0.3, -0.25) is 4.79 Å². The minimum atomic E-state index is -0.392. The van der Waals surface area contributed by atoms with Gasteiger partial charge in [0.05, 0.1) is 17.4 Å². The van der Waals surface area contributed by atoms with Crippen molar-refractivity contribution in [1.82, 2.24) is 15.1 Å². The fourth-order valence-corrected chi connectivity index (χ4v) is 3.35. The lowest BCUT2D eigenvalue weighted by Gasteiger charge is -2.28. The van der Waals surface area contributed by atoms with Crippen LogP contribution in [0, 0.1) is 5.82 Å². The quantitative estimate of drug-likeness (QED) is 0.488. The Morgan fingerprint density at radius 3 is 2.47 bits per heavy atom. The van der Waals surface area contributed by atoms with Crippen LogP contribution in [0.25, 0.3) is 16.6 Å². The molecule has 0 aliphatic heterocycles. The normalized spacial score (nSPS) is 11.4. The number of amides is 1. The Morgan fingerprint density at radius 1 is 1.00 bits per heavy atom. The predicted octanol–water partition coefficient (Wildman–Crippen LogP) is 4.79. The van der Waals surface area contributed by atoms with E-state index in [1.165, 1.54) is 12.1 Å². The zero-order chi connectivity index (χ0) is 21.1. The van der Waals surface area contributed by atoms with Gasteiger partial charge >= 0.3 is 0 Å². The summed E-state index contributed by atoms with van der Waals surface area (Å²) in [4.78, 5) is 12.4. The number of hydrogen-bond donors (Lipinski definition) is 2. The van der Waals surface area contributed by atoms with Gasteiger partial charge in [0.15, 0.2) is 0 Å². The highest BCUT2D eigenvalue weighted by Gasteiger charge is 2.21. The number of fused-ring (bicyclic) bond motifs is 1. The first-order valence-corrected chi connectivity index (χ1v) is 9.77. The lowest BCUT2D eigenvalue weighted by atomic mass is 10.0. The van der Waals surface area contributed by atoms with E-state index < -0.39 is 5.54 Å². The second-order valence-corrected chi connectivity index (χ2v) is 7.83. The first-order chi connectivity index (χ1) is 14.4. The second kappa shape index (κ2) is 7.99. The molecule has 0 radical (unpaired) electrons. The lowest BCUT2D eigenvalue weighted by molar-refractivity contribution is 0.0947. The Labute approximate surface area is 174 Å². The van der Waals surface area contributed by atoms with E-state index in [1.54, 1.807) is 35.1 Å². The second-order valence-electron chi connectivity index (χ2n) is 7.83. The number of aromatic nitrogens is 2. The smallest absolute Gasteiger partial charge is 0.251 e. The summed E-state index contributed by atoms with van der Waals surface area (Å²) in [5.41, 5.74) is 2.86. The van der Waals surface area contributed by atoms with E-state index in [1.807, 2.05) is 50.2 Å². The summed E-state index contributed by atoms with van der Waals surface area (Å²) in [7, 11) is 0. The van der Waals surface area contributed by atoms with Crippen LogP contribution in [0.1, 0.15) is 24.2 Å². The maximum atomic E-state index is 13.3. The highest BCUT2D eigenvalue weighted by Crippen LogP contribution is 2.27. The van der Waals surface area contributed by atoms with Crippen LogP contribution in [0.4, 0.5) is 10.1 Å². The molecule has 6 heteroatoms. The van der Waals surface area contributed by atoms with Gasteiger partial charge in [0.1, 0.15) is 5.82 Å². The van der Waals surface area contributed by atoms with Crippen molar-refractivity contribution in [2.75, 3.05) is 11.9 Å². The molecule has 4 rings (SSSR count). The first-order valence-electron chi connectivity index (χ1n) is 9.77. The summed E-state index contributed by atoms with van der Waals surface area (Å²) in [6.07, 6.45) is 1.79. The van der Waals surface area contributed by atoms with E-state index in [4.69, 9.17) is 0 Å². The fourth-order valence-electron chi connectivity index (χ4n) is 3.35. The number of halogens is 1. The Balaban J connectivity index is 1.53. The van der Waals surface area contributed by atoms with Gasteiger partial charge in [-0.2, -0.15) is 5.10 Å². The minimum absolute atomic E-state index is 0.104. The molecule has 0 saturated heterocycles. The first kappa shape index (κ1) is 19.6. The van der Waals surface area contributed by atoms with Crippen molar-refractivity contribution < 1.29 is 9.18 Å². The van der Waals surface area contributed by atoms with Crippen molar-refractivity contribution in [1.29, 1.82) is 0 Å².